The molecule has 0 aliphatic carbocycles. The molecule has 8 heteroatoms. The first-order chi connectivity index (χ1) is 8.28. The minimum Gasteiger partial charge on any atom is -0.366 e. The van der Waals surface area contributed by atoms with Gasteiger partial charge in [-0.25, -0.2) is 8.42 Å². The quantitative estimate of drug-likeness (QED) is 0.674. The molecular weight excluding hydrogens is 258 g/mol. The molecule has 18 heavy (non-hydrogen) atoms. The highest BCUT2D eigenvalue weighted by molar-refractivity contribution is 7.92. The van der Waals surface area contributed by atoms with Crippen LogP contribution in [0.5, 0.6) is 0 Å². The predicted molar refractivity (Wildman–Crippen MR) is 66.6 cm³/mol. The molecule has 0 unspecified atom stereocenters. The van der Waals surface area contributed by atoms with E-state index < -0.39 is 21.8 Å². The average Bonchev–Trinajstić information content (AvgIpc) is 2.28. The summed E-state index contributed by atoms with van der Waals surface area (Å²) >= 11 is 0. The lowest BCUT2D eigenvalue weighted by atomic mass is 10.1. The van der Waals surface area contributed by atoms with Crippen LogP contribution in [0, 0.1) is 0 Å². The third-order valence-corrected chi connectivity index (χ3v) is 3.51. The molecule has 5 N–H and O–H groups in total. The SMILES string of the molecule is CCS(=O)(=O)Nc1c(C(N)=O)cccc1C(N)=O. The van der Waals surface area contributed by atoms with Crippen LogP contribution in [0.15, 0.2) is 18.2 Å². The molecule has 0 aromatic heterocycles. The number of rotatable bonds is 5. The van der Waals surface area contributed by atoms with Gasteiger partial charge in [0.1, 0.15) is 0 Å². The average molecular weight is 271 g/mol. The minimum atomic E-state index is -3.65. The first-order valence-electron chi connectivity index (χ1n) is 5.01. The van der Waals surface area contributed by atoms with Crippen molar-refractivity contribution in [1.29, 1.82) is 0 Å². The Morgan fingerprint density at radius 2 is 1.61 bits per heavy atom. The number of primary amides is 2. The van der Waals surface area contributed by atoms with E-state index in [1.54, 1.807) is 0 Å². The van der Waals surface area contributed by atoms with Gasteiger partial charge in [0.2, 0.25) is 10.0 Å². The lowest BCUT2D eigenvalue weighted by molar-refractivity contribution is 0.0999. The topological polar surface area (TPSA) is 132 Å². The second-order valence-electron chi connectivity index (χ2n) is 3.46. The second-order valence-corrected chi connectivity index (χ2v) is 5.47. The standard InChI is InChI=1S/C10H13N3O4S/c1-2-18(16,17)13-8-6(9(11)14)4-3-5-7(8)10(12)15/h3-5,13H,2H2,1H3,(H2,11,14)(H2,12,15). The molecule has 0 aliphatic rings. The summed E-state index contributed by atoms with van der Waals surface area (Å²) in [6, 6.07) is 4.01. The van der Waals surface area contributed by atoms with Gasteiger partial charge in [-0.2, -0.15) is 0 Å². The van der Waals surface area contributed by atoms with Gasteiger partial charge in [-0.15, -0.1) is 0 Å². The highest BCUT2D eigenvalue weighted by Crippen LogP contribution is 2.22. The lowest BCUT2D eigenvalue weighted by Gasteiger charge is -2.12. The number of hydrogen-bond donors (Lipinski definition) is 3. The fourth-order valence-electron chi connectivity index (χ4n) is 1.30. The highest BCUT2D eigenvalue weighted by atomic mass is 32.2. The molecule has 2 amide bonds. The van der Waals surface area contributed by atoms with Crippen molar-refractivity contribution < 1.29 is 18.0 Å². The van der Waals surface area contributed by atoms with Crippen molar-refractivity contribution in [2.24, 2.45) is 11.5 Å². The molecule has 0 saturated heterocycles. The van der Waals surface area contributed by atoms with Crippen LogP contribution >= 0.6 is 0 Å². The van der Waals surface area contributed by atoms with E-state index in [9.17, 15) is 18.0 Å². The maximum Gasteiger partial charge on any atom is 0.250 e. The van der Waals surface area contributed by atoms with Crippen LogP contribution in [0.3, 0.4) is 0 Å². The fourth-order valence-corrected chi connectivity index (χ4v) is 1.98. The summed E-state index contributed by atoms with van der Waals surface area (Å²) in [5, 5.41) is 0. The number of para-hydroxylation sites is 1. The van der Waals surface area contributed by atoms with Crippen LogP contribution in [0.1, 0.15) is 27.6 Å². The highest BCUT2D eigenvalue weighted by Gasteiger charge is 2.19. The van der Waals surface area contributed by atoms with Crippen molar-refractivity contribution in [3.63, 3.8) is 0 Å². The number of hydrogen-bond acceptors (Lipinski definition) is 4. The molecule has 0 heterocycles. The normalized spacial score (nSPS) is 10.9. The summed E-state index contributed by atoms with van der Waals surface area (Å²) in [7, 11) is -3.65. The van der Waals surface area contributed by atoms with E-state index >= 15 is 0 Å². The molecular formula is C10H13N3O4S. The van der Waals surface area contributed by atoms with Gasteiger partial charge in [-0.3, -0.25) is 14.3 Å². The van der Waals surface area contributed by atoms with E-state index in [2.05, 4.69) is 4.72 Å². The van der Waals surface area contributed by atoms with Gasteiger partial charge in [-0.1, -0.05) is 6.07 Å². The molecule has 98 valence electrons. The van der Waals surface area contributed by atoms with Gasteiger partial charge in [0, 0.05) is 0 Å². The maximum absolute atomic E-state index is 11.5. The van der Waals surface area contributed by atoms with E-state index in [1.807, 2.05) is 0 Å². The van der Waals surface area contributed by atoms with E-state index in [0.29, 0.717) is 0 Å². The first kappa shape index (κ1) is 14.0. The van der Waals surface area contributed by atoms with Crippen LogP contribution < -0.4 is 16.2 Å². The fraction of sp³-hybridized carbons (Fsp3) is 0.200. The Kier molecular flexibility index (Phi) is 3.92. The van der Waals surface area contributed by atoms with E-state index in [-0.39, 0.29) is 22.6 Å². The minimum absolute atomic E-state index is 0.108. The molecule has 0 spiro atoms. The van der Waals surface area contributed by atoms with Crippen molar-refractivity contribution in [3.05, 3.63) is 29.3 Å². The Bertz CT molecular complexity index is 563. The van der Waals surface area contributed by atoms with Crippen molar-refractivity contribution in [2.75, 3.05) is 10.5 Å². The van der Waals surface area contributed by atoms with Crippen LogP contribution in [0.2, 0.25) is 0 Å². The number of benzene rings is 1. The summed E-state index contributed by atoms with van der Waals surface area (Å²) in [5.41, 5.74) is 9.84. The van der Waals surface area contributed by atoms with Gasteiger partial charge < -0.3 is 11.5 Å². The molecule has 0 radical (unpaired) electrons. The number of nitrogens with two attached hydrogens (primary N) is 2. The summed E-state index contributed by atoms with van der Waals surface area (Å²) in [6.07, 6.45) is 0. The van der Waals surface area contributed by atoms with E-state index in [4.69, 9.17) is 11.5 Å². The van der Waals surface area contributed by atoms with Crippen molar-refractivity contribution in [3.8, 4) is 0 Å². The molecule has 0 aliphatic heterocycles. The third-order valence-electron chi connectivity index (χ3n) is 2.23. The van der Waals surface area contributed by atoms with Gasteiger partial charge in [0.25, 0.3) is 11.8 Å². The number of carbonyl (C=O) groups is 2. The molecule has 0 bridgehead atoms. The van der Waals surface area contributed by atoms with Crippen LogP contribution in [0.25, 0.3) is 0 Å². The number of amides is 2. The Balaban J connectivity index is 3.46. The molecule has 0 atom stereocenters. The van der Waals surface area contributed by atoms with Crippen LogP contribution in [-0.4, -0.2) is 26.0 Å². The zero-order valence-corrected chi connectivity index (χ0v) is 10.5. The van der Waals surface area contributed by atoms with E-state index in [1.165, 1.54) is 25.1 Å². The Labute approximate surface area is 104 Å². The lowest BCUT2D eigenvalue weighted by Crippen LogP contribution is -2.23. The van der Waals surface area contributed by atoms with Gasteiger partial charge >= 0.3 is 0 Å². The molecule has 1 rings (SSSR count). The summed E-state index contributed by atoms with van der Waals surface area (Å²) < 4.78 is 25.1. The number of carbonyl (C=O) groups excluding carboxylic acids is 2. The summed E-state index contributed by atoms with van der Waals surface area (Å²) in [4.78, 5) is 22.4. The first-order valence-corrected chi connectivity index (χ1v) is 6.67. The monoisotopic (exact) mass is 271 g/mol. The molecule has 1 aromatic rings. The Hall–Kier alpha value is -2.09. The molecule has 0 saturated carbocycles. The zero-order chi connectivity index (χ0) is 13.9. The van der Waals surface area contributed by atoms with Crippen molar-refractivity contribution >= 4 is 27.5 Å². The predicted octanol–water partition coefficient (Wildman–Crippen LogP) is -0.354. The third kappa shape index (κ3) is 2.98. The second kappa shape index (κ2) is 5.05. The smallest absolute Gasteiger partial charge is 0.250 e. The van der Waals surface area contributed by atoms with Crippen molar-refractivity contribution in [2.45, 2.75) is 6.92 Å². The number of anilines is 1. The van der Waals surface area contributed by atoms with Crippen molar-refractivity contribution in [1.82, 2.24) is 0 Å². The van der Waals surface area contributed by atoms with Gasteiger partial charge in [-0.05, 0) is 19.1 Å². The molecule has 1 aromatic carbocycles. The van der Waals surface area contributed by atoms with Crippen LogP contribution in [0.4, 0.5) is 5.69 Å². The van der Waals surface area contributed by atoms with E-state index in [0.717, 1.165) is 0 Å². The number of nitrogens with one attached hydrogen (secondary N) is 1. The Morgan fingerprint density at radius 3 is 1.94 bits per heavy atom. The summed E-state index contributed by atoms with van der Waals surface area (Å²) in [6.45, 7) is 1.42. The summed E-state index contributed by atoms with van der Waals surface area (Å²) in [5.74, 6) is -1.92. The maximum atomic E-state index is 11.5. The largest absolute Gasteiger partial charge is 0.366 e. The van der Waals surface area contributed by atoms with Crippen LogP contribution in [-0.2, 0) is 10.0 Å². The Morgan fingerprint density at radius 1 is 1.17 bits per heavy atom. The molecule has 7 nitrogen and oxygen atoms in total. The van der Waals surface area contributed by atoms with Gasteiger partial charge in [0.05, 0.1) is 22.6 Å². The molecule has 0 fully saturated rings. The number of sulfonamides is 1. The zero-order valence-electron chi connectivity index (χ0n) is 9.64. The van der Waals surface area contributed by atoms with Gasteiger partial charge in [0.15, 0.2) is 0 Å².